The zero-order valence-electron chi connectivity index (χ0n) is 16.5. The average molecular weight is 401 g/mol. The number of carbonyl (C=O) groups excluding carboxylic acids is 1. The van der Waals surface area contributed by atoms with E-state index in [0.29, 0.717) is 5.76 Å². The van der Waals surface area contributed by atoms with E-state index in [1.54, 1.807) is 21.0 Å². The molecule has 1 aromatic carbocycles. The number of rotatable bonds is 6. The number of methoxy groups -OCH3 is 2. The standard InChI is InChI=1S/C19H19N3O7/c1-9-14(17(23)22(2)3)15-10(28-9)6-7-11(16(15)18(24)25)29-19-20-12(26-4)8-13(21-19)27-5/h6-8H,1-5H3,(H,24,25). The van der Waals surface area contributed by atoms with Crippen molar-refractivity contribution in [2.45, 2.75) is 6.92 Å². The van der Waals surface area contributed by atoms with Crippen LogP contribution in [0.3, 0.4) is 0 Å². The van der Waals surface area contributed by atoms with E-state index >= 15 is 0 Å². The Morgan fingerprint density at radius 1 is 1.07 bits per heavy atom. The van der Waals surface area contributed by atoms with Crippen molar-refractivity contribution in [3.8, 4) is 23.5 Å². The van der Waals surface area contributed by atoms with E-state index in [9.17, 15) is 14.7 Å². The predicted molar refractivity (Wildman–Crippen MR) is 101 cm³/mol. The van der Waals surface area contributed by atoms with Crippen LogP contribution in [0.25, 0.3) is 11.0 Å². The minimum Gasteiger partial charge on any atom is -0.481 e. The molecule has 1 N–H and O–H groups in total. The molecule has 29 heavy (non-hydrogen) atoms. The quantitative estimate of drug-likeness (QED) is 0.664. The molecule has 0 fully saturated rings. The molecule has 2 aromatic heterocycles. The first-order chi connectivity index (χ1) is 13.8. The summed E-state index contributed by atoms with van der Waals surface area (Å²) in [5.41, 5.74) is 0.161. The van der Waals surface area contributed by atoms with Crippen LogP contribution in [0.2, 0.25) is 0 Å². The molecule has 3 rings (SSSR count). The maximum atomic E-state index is 12.6. The number of aromatic carboxylic acids is 1. The first kappa shape index (κ1) is 19.9. The lowest BCUT2D eigenvalue weighted by atomic mass is 10.0. The fraction of sp³-hybridized carbons (Fsp3) is 0.263. The Morgan fingerprint density at radius 3 is 2.21 bits per heavy atom. The summed E-state index contributed by atoms with van der Waals surface area (Å²) in [6.45, 7) is 1.60. The minimum atomic E-state index is -1.30. The van der Waals surface area contributed by atoms with Crippen molar-refractivity contribution in [1.29, 1.82) is 0 Å². The SMILES string of the molecule is COc1cc(OC)nc(Oc2ccc3oc(C)c(C(=O)N(C)C)c3c2C(=O)O)n1. The van der Waals surface area contributed by atoms with Gasteiger partial charge in [0.1, 0.15) is 22.7 Å². The fourth-order valence-electron chi connectivity index (χ4n) is 2.81. The first-order valence-corrected chi connectivity index (χ1v) is 8.42. The van der Waals surface area contributed by atoms with Crippen LogP contribution in [-0.2, 0) is 0 Å². The van der Waals surface area contributed by atoms with Crippen LogP contribution in [0, 0.1) is 6.92 Å². The van der Waals surface area contributed by atoms with Crippen molar-refractivity contribution in [2.24, 2.45) is 0 Å². The normalized spacial score (nSPS) is 10.7. The van der Waals surface area contributed by atoms with Crippen LogP contribution < -0.4 is 14.2 Å². The first-order valence-electron chi connectivity index (χ1n) is 8.42. The number of aromatic nitrogens is 2. The van der Waals surface area contributed by atoms with E-state index in [1.165, 1.54) is 37.3 Å². The highest BCUT2D eigenvalue weighted by Gasteiger charge is 2.28. The van der Waals surface area contributed by atoms with Gasteiger partial charge in [-0.25, -0.2) is 4.79 Å². The maximum absolute atomic E-state index is 12.6. The number of fused-ring (bicyclic) bond motifs is 1. The summed E-state index contributed by atoms with van der Waals surface area (Å²) in [6.07, 6.45) is 0. The topological polar surface area (TPSA) is 124 Å². The molecule has 0 unspecified atom stereocenters. The van der Waals surface area contributed by atoms with Crippen LogP contribution in [0.1, 0.15) is 26.5 Å². The number of ether oxygens (including phenoxy) is 3. The number of carboxylic acid groups (broad SMARTS) is 1. The van der Waals surface area contributed by atoms with Crippen LogP contribution >= 0.6 is 0 Å². The average Bonchev–Trinajstić information content (AvgIpc) is 3.02. The summed E-state index contributed by atoms with van der Waals surface area (Å²) in [6, 6.07) is 4.20. The van der Waals surface area contributed by atoms with E-state index < -0.39 is 5.97 Å². The number of hydrogen-bond donors (Lipinski definition) is 1. The molecule has 10 nitrogen and oxygen atoms in total. The van der Waals surface area contributed by atoms with E-state index in [4.69, 9.17) is 18.6 Å². The van der Waals surface area contributed by atoms with E-state index in [1.807, 2.05) is 0 Å². The second-order valence-corrected chi connectivity index (χ2v) is 6.19. The zero-order valence-corrected chi connectivity index (χ0v) is 16.5. The van der Waals surface area contributed by atoms with Gasteiger partial charge in [0.2, 0.25) is 11.8 Å². The van der Waals surface area contributed by atoms with Gasteiger partial charge in [0.25, 0.3) is 5.91 Å². The molecule has 0 aliphatic rings. The second kappa shape index (κ2) is 7.66. The van der Waals surface area contributed by atoms with Crippen LogP contribution in [0.4, 0.5) is 0 Å². The van der Waals surface area contributed by atoms with Crippen LogP contribution in [-0.4, -0.2) is 60.2 Å². The van der Waals surface area contributed by atoms with Crippen molar-refractivity contribution < 1.29 is 33.3 Å². The Labute approximate surface area is 165 Å². The van der Waals surface area contributed by atoms with E-state index in [0.717, 1.165) is 0 Å². The smallest absolute Gasteiger partial charge is 0.340 e. The monoisotopic (exact) mass is 401 g/mol. The summed E-state index contributed by atoms with van der Waals surface area (Å²) in [4.78, 5) is 34.1. The van der Waals surface area contributed by atoms with Crippen molar-refractivity contribution in [3.05, 3.63) is 35.1 Å². The number of hydrogen-bond acceptors (Lipinski definition) is 8. The number of aryl methyl sites for hydroxylation is 1. The van der Waals surface area contributed by atoms with Crippen molar-refractivity contribution >= 4 is 22.8 Å². The van der Waals surface area contributed by atoms with Gasteiger partial charge in [-0.1, -0.05) is 0 Å². The Kier molecular flexibility index (Phi) is 5.26. The van der Waals surface area contributed by atoms with Crippen LogP contribution in [0.5, 0.6) is 23.5 Å². The summed E-state index contributed by atoms with van der Waals surface area (Å²) >= 11 is 0. The number of carboxylic acids is 1. The molecule has 0 saturated carbocycles. The summed E-state index contributed by atoms with van der Waals surface area (Å²) in [5.74, 6) is -1.10. The minimum absolute atomic E-state index is 0.0612. The van der Waals surface area contributed by atoms with Gasteiger partial charge in [-0.2, -0.15) is 9.97 Å². The molecule has 152 valence electrons. The van der Waals surface area contributed by atoms with Crippen LogP contribution in [0.15, 0.2) is 22.6 Å². The molecule has 0 spiro atoms. The number of benzene rings is 1. The molecule has 0 atom stereocenters. The molecule has 3 aromatic rings. The molecule has 0 saturated heterocycles. The lowest BCUT2D eigenvalue weighted by molar-refractivity contribution is 0.0696. The van der Waals surface area contributed by atoms with E-state index in [-0.39, 0.29) is 51.5 Å². The lowest BCUT2D eigenvalue weighted by Crippen LogP contribution is -2.22. The highest BCUT2D eigenvalue weighted by Crippen LogP contribution is 2.36. The summed E-state index contributed by atoms with van der Waals surface area (Å²) in [7, 11) is 5.96. The van der Waals surface area contributed by atoms with Gasteiger partial charge in [-0.05, 0) is 19.1 Å². The Hall–Kier alpha value is -3.82. The molecular formula is C19H19N3O7. The largest absolute Gasteiger partial charge is 0.481 e. The Morgan fingerprint density at radius 2 is 1.69 bits per heavy atom. The van der Waals surface area contributed by atoms with Gasteiger partial charge in [0.15, 0.2) is 0 Å². The van der Waals surface area contributed by atoms with Gasteiger partial charge in [0.05, 0.1) is 31.2 Å². The molecule has 10 heteroatoms. The number of amides is 1. The molecular weight excluding hydrogens is 382 g/mol. The Balaban J connectivity index is 2.22. The number of furan rings is 1. The van der Waals surface area contributed by atoms with Crippen molar-refractivity contribution in [2.75, 3.05) is 28.3 Å². The van der Waals surface area contributed by atoms with Crippen molar-refractivity contribution in [1.82, 2.24) is 14.9 Å². The van der Waals surface area contributed by atoms with Gasteiger partial charge in [-0.3, -0.25) is 4.79 Å². The third-order valence-electron chi connectivity index (χ3n) is 4.11. The molecule has 0 bridgehead atoms. The Bertz CT molecular complexity index is 1080. The summed E-state index contributed by atoms with van der Waals surface area (Å²) < 4.78 is 21.4. The van der Waals surface area contributed by atoms with Gasteiger partial charge in [0, 0.05) is 14.1 Å². The molecule has 2 heterocycles. The number of carbonyl (C=O) groups is 2. The number of nitrogens with zero attached hydrogens (tertiary/aromatic N) is 3. The molecule has 0 aliphatic heterocycles. The molecule has 0 radical (unpaired) electrons. The summed E-state index contributed by atoms with van der Waals surface area (Å²) in [5, 5.41) is 10.0. The molecule has 1 amide bonds. The zero-order chi connectivity index (χ0) is 21.3. The van der Waals surface area contributed by atoms with Crippen molar-refractivity contribution in [3.63, 3.8) is 0 Å². The van der Waals surface area contributed by atoms with Gasteiger partial charge < -0.3 is 28.6 Å². The highest BCUT2D eigenvalue weighted by molar-refractivity contribution is 6.15. The predicted octanol–water partition coefficient (Wildman–Crippen LogP) is 2.74. The molecule has 0 aliphatic carbocycles. The van der Waals surface area contributed by atoms with E-state index in [2.05, 4.69) is 9.97 Å². The van der Waals surface area contributed by atoms with Gasteiger partial charge in [-0.15, -0.1) is 0 Å². The second-order valence-electron chi connectivity index (χ2n) is 6.19. The van der Waals surface area contributed by atoms with Gasteiger partial charge >= 0.3 is 12.0 Å². The third kappa shape index (κ3) is 3.64. The third-order valence-corrected chi connectivity index (χ3v) is 4.11. The lowest BCUT2D eigenvalue weighted by Gasteiger charge is -2.12. The fourth-order valence-corrected chi connectivity index (χ4v) is 2.81. The highest BCUT2D eigenvalue weighted by atomic mass is 16.5. The maximum Gasteiger partial charge on any atom is 0.340 e.